The van der Waals surface area contributed by atoms with Crippen molar-refractivity contribution in [2.75, 3.05) is 12.3 Å². The Kier molecular flexibility index (Phi) is 4.31. The summed E-state index contributed by atoms with van der Waals surface area (Å²) in [6, 6.07) is 2.06. The second-order valence-electron chi connectivity index (χ2n) is 4.47. The molecule has 1 heterocycles. The summed E-state index contributed by atoms with van der Waals surface area (Å²) in [4.78, 5) is 10.5. The smallest absolute Gasteiger partial charge is 0.243 e. The summed E-state index contributed by atoms with van der Waals surface area (Å²) in [5.41, 5.74) is 5.65. The molecule has 4 N–H and O–H groups in total. The van der Waals surface area contributed by atoms with Crippen LogP contribution in [0.15, 0.2) is 21.5 Å². The molecule has 1 amide bonds. The molecule has 1 aliphatic heterocycles. The fourth-order valence-corrected chi connectivity index (χ4v) is 3.72. The maximum Gasteiger partial charge on any atom is 0.243 e. The number of nitrogens with one attached hydrogen (secondary N) is 2. The minimum atomic E-state index is -4.03. The van der Waals surface area contributed by atoms with E-state index in [-0.39, 0.29) is 28.7 Å². The van der Waals surface area contributed by atoms with E-state index in [9.17, 15) is 17.6 Å². The van der Waals surface area contributed by atoms with Gasteiger partial charge in [-0.1, -0.05) is 0 Å². The SMILES string of the molecule is Nc1cc(Br)c(F)c(S(=O)(=O)NCC2CCC(=O)N2)c1. The Balaban J connectivity index is 2.16. The second-order valence-corrected chi connectivity index (χ2v) is 7.06. The minimum Gasteiger partial charge on any atom is -0.399 e. The lowest BCUT2D eigenvalue weighted by atomic mass is 10.2. The molecule has 6 nitrogen and oxygen atoms in total. The number of halogens is 2. The Morgan fingerprint density at radius 3 is 2.80 bits per heavy atom. The van der Waals surface area contributed by atoms with E-state index in [1.165, 1.54) is 6.07 Å². The number of rotatable bonds is 4. The van der Waals surface area contributed by atoms with Crippen molar-refractivity contribution in [2.45, 2.75) is 23.8 Å². The second kappa shape index (κ2) is 5.66. The Bertz CT molecular complexity index is 651. The lowest BCUT2D eigenvalue weighted by Crippen LogP contribution is -2.38. The Morgan fingerprint density at radius 1 is 1.50 bits per heavy atom. The van der Waals surface area contributed by atoms with Crippen LogP contribution in [0.3, 0.4) is 0 Å². The van der Waals surface area contributed by atoms with E-state index in [2.05, 4.69) is 26.0 Å². The fourth-order valence-electron chi connectivity index (χ4n) is 1.90. The highest BCUT2D eigenvalue weighted by Crippen LogP contribution is 2.26. The van der Waals surface area contributed by atoms with Gasteiger partial charge in [0.25, 0.3) is 0 Å². The van der Waals surface area contributed by atoms with Crippen molar-refractivity contribution < 1.29 is 17.6 Å². The molecule has 1 aromatic rings. The van der Waals surface area contributed by atoms with Gasteiger partial charge in [-0.05, 0) is 34.5 Å². The van der Waals surface area contributed by atoms with E-state index in [4.69, 9.17) is 5.73 Å². The summed E-state index contributed by atoms with van der Waals surface area (Å²) < 4.78 is 40.2. The molecule has 0 spiro atoms. The van der Waals surface area contributed by atoms with Crippen molar-refractivity contribution in [3.8, 4) is 0 Å². The lowest BCUT2D eigenvalue weighted by Gasteiger charge is -2.13. The molecule has 0 aromatic heterocycles. The van der Waals surface area contributed by atoms with Crippen LogP contribution in [0.4, 0.5) is 10.1 Å². The lowest BCUT2D eigenvalue weighted by molar-refractivity contribution is -0.119. The van der Waals surface area contributed by atoms with Crippen molar-refractivity contribution in [3.63, 3.8) is 0 Å². The number of benzene rings is 1. The zero-order valence-electron chi connectivity index (χ0n) is 10.3. The Morgan fingerprint density at radius 2 is 2.20 bits per heavy atom. The number of hydrogen-bond acceptors (Lipinski definition) is 4. The molecule has 0 radical (unpaired) electrons. The number of anilines is 1. The third kappa shape index (κ3) is 3.28. The van der Waals surface area contributed by atoms with Crippen LogP contribution < -0.4 is 15.8 Å². The minimum absolute atomic E-state index is 0.0138. The van der Waals surface area contributed by atoms with Crippen LogP contribution in [0.5, 0.6) is 0 Å². The van der Waals surface area contributed by atoms with Gasteiger partial charge in [-0.2, -0.15) is 0 Å². The molecule has 110 valence electrons. The maximum atomic E-state index is 13.8. The molecule has 1 unspecified atom stereocenters. The third-order valence-electron chi connectivity index (χ3n) is 2.91. The highest BCUT2D eigenvalue weighted by molar-refractivity contribution is 9.10. The van der Waals surface area contributed by atoms with E-state index in [0.29, 0.717) is 12.8 Å². The molecule has 20 heavy (non-hydrogen) atoms. The van der Waals surface area contributed by atoms with Gasteiger partial charge < -0.3 is 11.1 Å². The number of nitrogens with two attached hydrogens (primary N) is 1. The first-order chi connectivity index (χ1) is 9.29. The summed E-state index contributed by atoms with van der Waals surface area (Å²) >= 11 is 2.91. The van der Waals surface area contributed by atoms with Crippen molar-refractivity contribution in [1.29, 1.82) is 0 Å². The largest absolute Gasteiger partial charge is 0.399 e. The molecule has 1 aliphatic rings. The highest BCUT2D eigenvalue weighted by atomic mass is 79.9. The first-order valence-corrected chi connectivity index (χ1v) is 8.11. The quantitative estimate of drug-likeness (QED) is 0.684. The summed E-state index contributed by atoms with van der Waals surface area (Å²) in [5.74, 6) is -1.02. The van der Waals surface area contributed by atoms with Gasteiger partial charge in [0.2, 0.25) is 15.9 Å². The molecule has 0 bridgehead atoms. The molecular formula is C11H13BrFN3O3S. The van der Waals surface area contributed by atoms with E-state index in [0.717, 1.165) is 6.07 Å². The molecule has 2 rings (SSSR count). The molecule has 1 atom stereocenters. The Hall–Kier alpha value is -1.19. The molecule has 1 aromatic carbocycles. The molecule has 1 saturated heterocycles. The summed E-state index contributed by atoms with van der Waals surface area (Å²) in [7, 11) is -4.03. The van der Waals surface area contributed by atoms with Crippen LogP contribution in [-0.4, -0.2) is 26.9 Å². The number of carbonyl (C=O) groups excluding carboxylic acids is 1. The number of hydrogen-bond donors (Lipinski definition) is 3. The van der Waals surface area contributed by atoms with Gasteiger partial charge in [-0.25, -0.2) is 17.5 Å². The fraction of sp³-hybridized carbons (Fsp3) is 0.364. The zero-order chi connectivity index (χ0) is 14.9. The van der Waals surface area contributed by atoms with Gasteiger partial charge in [0.1, 0.15) is 4.90 Å². The summed E-state index contributed by atoms with van der Waals surface area (Å²) in [5, 5.41) is 2.62. The normalized spacial score (nSPS) is 19.1. The van der Waals surface area contributed by atoms with Crippen LogP contribution in [0.1, 0.15) is 12.8 Å². The van der Waals surface area contributed by atoms with Crippen LogP contribution in [-0.2, 0) is 14.8 Å². The van der Waals surface area contributed by atoms with E-state index < -0.39 is 20.7 Å². The predicted molar refractivity (Wildman–Crippen MR) is 74.9 cm³/mol. The maximum absolute atomic E-state index is 13.8. The number of carbonyl (C=O) groups is 1. The average molecular weight is 366 g/mol. The Labute approximate surface area is 124 Å². The average Bonchev–Trinajstić information content (AvgIpc) is 2.77. The number of amides is 1. The zero-order valence-corrected chi connectivity index (χ0v) is 12.7. The summed E-state index contributed by atoms with van der Waals surface area (Å²) in [6.07, 6.45) is 0.912. The van der Waals surface area contributed by atoms with Gasteiger partial charge >= 0.3 is 0 Å². The van der Waals surface area contributed by atoms with Gasteiger partial charge in [0.15, 0.2) is 5.82 Å². The first kappa shape index (κ1) is 15.2. The van der Waals surface area contributed by atoms with Crippen molar-refractivity contribution in [3.05, 3.63) is 22.4 Å². The van der Waals surface area contributed by atoms with Crippen LogP contribution in [0.25, 0.3) is 0 Å². The highest BCUT2D eigenvalue weighted by Gasteiger charge is 2.25. The number of sulfonamides is 1. The molecule has 1 fully saturated rings. The molecule has 0 saturated carbocycles. The molecular weight excluding hydrogens is 353 g/mol. The predicted octanol–water partition coefficient (Wildman–Crippen LogP) is 0.727. The van der Waals surface area contributed by atoms with Gasteiger partial charge in [-0.15, -0.1) is 0 Å². The van der Waals surface area contributed by atoms with Crippen LogP contribution in [0.2, 0.25) is 0 Å². The monoisotopic (exact) mass is 365 g/mol. The molecule has 9 heteroatoms. The van der Waals surface area contributed by atoms with Gasteiger partial charge in [0.05, 0.1) is 4.47 Å². The van der Waals surface area contributed by atoms with E-state index in [1.54, 1.807) is 0 Å². The first-order valence-electron chi connectivity index (χ1n) is 5.83. The standard InChI is InChI=1S/C11H13BrFN3O3S/c12-8-3-6(14)4-9(11(8)13)20(18,19)15-5-7-1-2-10(17)16-7/h3-4,7,15H,1-2,5,14H2,(H,16,17). The van der Waals surface area contributed by atoms with Crippen LogP contribution in [0, 0.1) is 5.82 Å². The number of nitrogen functional groups attached to an aromatic ring is 1. The van der Waals surface area contributed by atoms with Gasteiger partial charge in [-0.3, -0.25) is 4.79 Å². The topological polar surface area (TPSA) is 101 Å². The van der Waals surface area contributed by atoms with E-state index in [1.807, 2.05) is 0 Å². The third-order valence-corrected chi connectivity index (χ3v) is 4.91. The summed E-state index contributed by atoms with van der Waals surface area (Å²) in [6.45, 7) is 0.0138. The van der Waals surface area contributed by atoms with Crippen molar-refractivity contribution in [2.24, 2.45) is 0 Å². The van der Waals surface area contributed by atoms with E-state index >= 15 is 0 Å². The van der Waals surface area contributed by atoms with Crippen LogP contribution >= 0.6 is 15.9 Å². The molecule has 0 aliphatic carbocycles. The van der Waals surface area contributed by atoms with Crippen molar-refractivity contribution in [1.82, 2.24) is 10.0 Å². The van der Waals surface area contributed by atoms with Gasteiger partial charge in [0, 0.05) is 24.7 Å². The van der Waals surface area contributed by atoms with Crippen molar-refractivity contribution >= 4 is 37.5 Å².